The van der Waals surface area contributed by atoms with Crippen molar-refractivity contribution >= 4 is 24.0 Å². The molecule has 0 amide bonds. The first-order valence-corrected chi connectivity index (χ1v) is 9.02. The number of hydrogen-bond acceptors (Lipinski definition) is 4. The summed E-state index contributed by atoms with van der Waals surface area (Å²) in [4.78, 5) is 0. The van der Waals surface area contributed by atoms with E-state index in [4.69, 9.17) is 21.1 Å². The molecular weight excluding hydrogens is 347 g/mol. The Morgan fingerprint density at radius 1 is 1.38 bits per heavy atom. The minimum Gasteiger partial charge on any atom is -0.497 e. The monoisotopic (exact) mass is 374 g/mol. The summed E-state index contributed by atoms with van der Waals surface area (Å²) in [5.74, 6) is 1.49. The van der Waals surface area contributed by atoms with Crippen LogP contribution >= 0.6 is 24.0 Å². The van der Waals surface area contributed by atoms with Gasteiger partial charge in [-0.3, -0.25) is 0 Å². The minimum atomic E-state index is 0. The molecule has 136 valence electrons. The molecule has 1 heterocycles. The minimum absolute atomic E-state index is 0. The van der Waals surface area contributed by atoms with Gasteiger partial charge >= 0.3 is 0 Å². The van der Waals surface area contributed by atoms with E-state index in [9.17, 15) is 0 Å². The molecule has 2 fully saturated rings. The highest BCUT2D eigenvalue weighted by Crippen LogP contribution is 2.29. The lowest BCUT2D eigenvalue weighted by Gasteiger charge is -2.33. The van der Waals surface area contributed by atoms with Gasteiger partial charge in [-0.05, 0) is 49.4 Å². The molecule has 0 spiro atoms. The second-order valence-electron chi connectivity index (χ2n) is 6.50. The van der Waals surface area contributed by atoms with E-state index in [0.717, 1.165) is 43.5 Å². The van der Waals surface area contributed by atoms with Gasteiger partial charge in [0.2, 0.25) is 0 Å². The van der Waals surface area contributed by atoms with Crippen LogP contribution in [0, 0.1) is 5.92 Å². The second kappa shape index (κ2) is 9.83. The standard InChI is InChI=1S/C18H27ClN2O2.ClH/c1-22-14-6-5-13(16(19)11-14)7-8-20-17-4-2-3-15(17)18-12-23-10-9-21-18;/h5-6,11,15,17-18,20-21H,2-4,7-10,12H2,1H3;1H. The summed E-state index contributed by atoms with van der Waals surface area (Å²) in [7, 11) is 1.66. The number of methoxy groups -OCH3 is 1. The lowest BCUT2D eigenvalue weighted by Crippen LogP contribution is -2.51. The first-order chi connectivity index (χ1) is 11.3. The van der Waals surface area contributed by atoms with Crippen LogP contribution in [0.25, 0.3) is 0 Å². The predicted octanol–water partition coefficient (Wildman–Crippen LogP) is 3.06. The van der Waals surface area contributed by atoms with Gasteiger partial charge in [0.05, 0.1) is 20.3 Å². The van der Waals surface area contributed by atoms with Crippen LogP contribution < -0.4 is 15.4 Å². The summed E-state index contributed by atoms with van der Waals surface area (Å²) >= 11 is 6.32. The van der Waals surface area contributed by atoms with Crippen molar-refractivity contribution in [2.24, 2.45) is 5.92 Å². The Morgan fingerprint density at radius 2 is 2.25 bits per heavy atom. The normalized spacial score (nSPS) is 26.8. The van der Waals surface area contributed by atoms with Crippen LogP contribution in [-0.2, 0) is 11.2 Å². The van der Waals surface area contributed by atoms with Crippen LogP contribution in [0.5, 0.6) is 5.75 Å². The Morgan fingerprint density at radius 3 is 2.96 bits per heavy atom. The number of rotatable bonds is 6. The number of halogens is 2. The average molecular weight is 375 g/mol. The molecule has 1 saturated carbocycles. The fraction of sp³-hybridized carbons (Fsp3) is 0.667. The molecule has 1 aromatic rings. The van der Waals surface area contributed by atoms with E-state index in [2.05, 4.69) is 16.7 Å². The van der Waals surface area contributed by atoms with Gasteiger partial charge < -0.3 is 20.1 Å². The van der Waals surface area contributed by atoms with Gasteiger partial charge in [0, 0.05) is 23.7 Å². The van der Waals surface area contributed by atoms with Gasteiger partial charge in [0.15, 0.2) is 0 Å². The van der Waals surface area contributed by atoms with Crippen molar-refractivity contribution in [3.05, 3.63) is 28.8 Å². The summed E-state index contributed by atoms with van der Waals surface area (Å²) in [6, 6.07) is 7.02. The van der Waals surface area contributed by atoms with Crippen LogP contribution in [0.15, 0.2) is 18.2 Å². The number of hydrogen-bond donors (Lipinski definition) is 2. The first-order valence-electron chi connectivity index (χ1n) is 8.65. The summed E-state index contributed by atoms with van der Waals surface area (Å²) < 4.78 is 10.8. The molecule has 0 aromatic heterocycles. The van der Waals surface area contributed by atoms with Crippen molar-refractivity contribution in [1.29, 1.82) is 0 Å². The maximum Gasteiger partial charge on any atom is 0.120 e. The summed E-state index contributed by atoms with van der Waals surface area (Å²) in [6.45, 7) is 3.64. The highest BCUT2D eigenvalue weighted by molar-refractivity contribution is 6.31. The lowest BCUT2D eigenvalue weighted by atomic mass is 9.94. The van der Waals surface area contributed by atoms with Crippen molar-refractivity contribution < 1.29 is 9.47 Å². The van der Waals surface area contributed by atoms with Gasteiger partial charge in [-0.1, -0.05) is 24.1 Å². The van der Waals surface area contributed by atoms with E-state index in [1.165, 1.54) is 24.8 Å². The van der Waals surface area contributed by atoms with E-state index >= 15 is 0 Å². The zero-order valence-corrected chi connectivity index (χ0v) is 15.8. The highest BCUT2D eigenvalue weighted by atomic mass is 35.5. The molecule has 24 heavy (non-hydrogen) atoms. The van der Waals surface area contributed by atoms with Crippen LogP contribution in [0.4, 0.5) is 0 Å². The Balaban J connectivity index is 0.00000208. The van der Waals surface area contributed by atoms with Gasteiger partial charge in [-0.2, -0.15) is 0 Å². The molecule has 3 atom stereocenters. The van der Waals surface area contributed by atoms with Crippen LogP contribution in [0.1, 0.15) is 24.8 Å². The number of benzene rings is 1. The predicted molar refractivity (Wildman–Crippen MR) is 101 cm³/mol. The number of nitrogens with one attached hydrogen (secondary N) is 2. The van der Waals surface area contributed by atoms with E-state index in [0.29, 0.717) is 18.0 Å². The fourth-order valence-corrected chi connectivity index (χ4v) is 4.10. The molecule has 2 aliphatic rings. The SMILES string of the molecule is COc1ccc(CCNC2CCCC2C2COCCN2)c(Cl)c1.Cl. The van der Waals surface area contributed by atoms with E-state index < -0.39 is 0 Å². The van der Waals surface area contributed by atoms with Crippen molar-refractivity contribution in [3.63, 3.8) is 0 Å². The smallest absolute Gasteiger partial charge is 0.120 e. The lowest BCUT2D eigenvalue weighted by molar-refractivity contribution is 0.0526. The van der Waals surface area contributed by atoms with Gasteiger partial charge in [0.25, 0.3) is 0 Å². The Labute approximate surface area is 156 Å². The Kier molecular flexibility index (Phi) is 8.11. The molecule has 6 heteroatoms. The topological polar surface area (TPSA) is 42.5 Å². The summed E-state index contributed by atoms with van der Waals surface area (Å²) in [5, 5.41) is 8.16. The molecule has 2 N–H and O–H groups in total. The Bertz CT molecular complexity index is 510. The largest absolute Gasteiger partial charge is 0.497 e. The molecule has 0 radical (unpaired) electrons. The molecule has 3 rings (SSSR count). The van der Waals surface area contributed by atoms with Crippen molar-refractivity contribution in [2.75, 3.05) is 33.4 Å². The third-order valence-corrected chi connectivity index (χ3v) is 5.45. The third-order valence-electron chi connectivity index (χ3n) is 5.10. The molecule has 1 aliphatic carbocycles. The fourth-order valence-electron chi connectivity index (χ4n) is 3.83. The average Bonchev–Trinajstić information content (AvgIpc) is 3.05. The molecule has 4 nitrogen and oxygen atoms in total. The van der Waals surface area contributed by atoms with Gasteiger partial charge in [0.1, 0.15) is 5.75 Å². The third kappa shape index (κ3) is 4.99. The first kappa shape index (κ1) is 19.8. The molecular formula is C18H28Cl2N2O2. The molecule has 1 aromatic carbocycles. The molecule has 0 bridgehead atoms. The highest BCUT2D eigenvalue weighted by Gasteiger charge is 2.34. The number of ether oxygens (including phenoxy) is 2. The second-order valence-corrected chi connectivity index (χ2v) is 6.91. The van der Waals surface area contributed by atoms with Crippen molar-refractivity contribution in [3.8, 4) is 5.75 Å². The van der Waals surface area contributed by atoms with Gasteiger partial charge in [-0.25, -0.2) is 0 Å². The maximum atomic E-state index is 6.32. The molecule has 3 unspecified atom stereocenters. The quantitative estimate of drug-likeness (QED) is 0.802. The van der Waals surface area contributed by atoms with Crippen molar-refractivity contribution in [1.82, 2.24) is 10.6 Å². The summed E-state index contributed by atoms with van der Waals surface area (Å²) in [6.07, 6.45) is 4.81. The van der Waals surface area contributed by atoms with Crippen LogP contribution in [-0.4, -0.2) is 45.5 Å². The maximum absolute atomic E-state index is 6.32. The zero-order chi connectivity index (χ0) is 16.1. The molecule has 1 aliphatic heterocycles. The van der Waals surface area contributed by atoms with Crippen LogP contribution in [0.2, 0.25) is 5.02 Å². The molecule has 1 saturated heterocycles. The van der Waals surface area contributed by atoms with Crippen molar-refractivity contribution in [2.45, 2.75) is 37.8 Å². The van der Waals surface area contributed by atoms with E-state index in [1.807, 2.05) is 12.1 Å². The summed E-state index contributed by atoms with van der Waals surface area (Å²) in [5.41, 5.74) is 1.17. The van der Waals surface area contributed by atoms with E-state index in [-0.39, 0.29) is 12.4 Å². The van der Waals surface area contributed by atoms with E-state index in [1.54, 1.807) is 7.11 Å². The number of morpholine rings is 1. The zero-order valence-electron chi connectivity index (χ0n) is 14.2. The Hall–Kier alpha value is -0.520. The van der Waals surface area contributed by atoms with Crippen LogP contribution in [0.3, 0.4) is 0 Å². The van der Waals surface area contributed by atoms with Gasteiger partial charge in [-0.15, -0.1) is 12.4 Å².